The van der Waals surface area contributed by atoms with E-state index < -0.39 is 5.82 Å². The van der Waals surface area contributed by atoms with Gasteiger partial charge < -0.3 is 10.1 Å². The topological polar surface area (TPSA) is 56.2 Å². The summed E-state index contributed by atoms with van der Waals surface area (Å²) in [6, 6.07) is 17.1. The molecule has 0 saturated heterocycles. The zero-order valence-electron chi connectivity index (χ0n) is 17.1. The van der Waals surface area contributed by atoms with Crippen molar-refractivity contribution in [3.8, 4) is 5.75 Å². The van der Waals surface area contributed by atoms with Crippen LogP contribution in [0.3, 0.4) is 0 Å². The fourth-order valence-electron chi connectivity index (χ4n) is 3.04. The summed E-state index contributed by atoms with van der Waals surface area (Å²) in [6.45, 7) is 0.394. The molecule has 33 heavy (non-hydrogen) atoms. The third-order valence-electron chi connectivity index (χ3n) is 4.77. The number of carbonyl (C=O) groups excluding carboxylic acids is 1. The second kappa shape index (κ2) is 10.1. The standard InChI is InChI=1S/C24H17BrClF2N3O2/c25-20-13-31(12-19-21(26)2-1-3-22(19)28)30-23(20)29-24(32)16-6-4-15(5-7-16)14-33-18-10-8-17(27)9-11-18/h1-11,13H,12,14H2,(H,29,30,32). The Kier molecular flexibility index (Phi) is 7.05. The third-order valence-corrected chi connectivity index (χ3v) is 5.70. The van der Waals surface area contributed by atoms with E-state index in [1.54, 1.807) is 48.7 Å². The van der Waals surface area contributed by atoms with Crippen LogP contribution in [0.1, 0.15) is 21.5 Å². The van der Waals surface area contributed by atoms with E-state index in [0.717, 1.165) is 5.56 Å². The number of anilines is 1. The number of nitrogens with zero attached hydrogens (tertiary/aromatic N) is 2. The number of carbonyl (C=O) groups is 1. The fraction of sp³-hybridized carbons (Fsp3) is 0.0833. The minimum atomic E-state index is -0.428. The number of rotatable bonds is 7. The van der Waals surface area contributed by atoms with Crippen LogP contribution in [0.15, 0.2) is 77.4 Å². The average Bonchev–Trinajstić information content (AvgIpc) is 3.15. The minimum Gasteiger partial charge on any atom is -0.489 e. The number of aromatic nitrogens is 2. The maximum atomic E-state index is 14.0. The fourth-order valence-corrected chi connectivity index (χ4v) is 3.68. The second-order valence-electron chi connectivity index (χ2n) is 7.12. The Hall–Kier alpha value is -3.23. The van der Waals surface area contributed by atoms with Crippen LogP contribution in [0.5, 0.6) is 5.75 Å². The molecule has 4 aromatic rings. The number of amides is 1. The summed E-state index contributed by atoms with van der Waals surface area (Å²) in [5, 5.41) is 7.34. The highest BCUT2D eigenvalue weighted by Gasteiger charge is 2.14. The van der Waals surface area contributed by atoms with Crippen LogP contribution in [-0.4, -0.2) is 15.7 Å². The zero-order chi connectivity index (χ0) is 23.4. The summed E-state index contributed by atoms with van der Waals surface area (Å²) in [5.74, 6) is -0.254. The van der Waals surface area contributed by atoms with E-state index in [1.165, 1.54) is 28.9 Å². The predicted molar refractivity (Wildman–Crippen MR) is 126 cm³/mol. The van der Waals surface area contributed by atoms with Gasteiger partial charge in [-0.2, -0.15) is 5.10 Å². The summed E-state index contributed by atoms with van der Waals surface area (Å²) >= 11 is 9.44. The molecule has 0 bridgehead atoms. The first-order valence-electron chi connectivity index (χ1n) is 9.83. The Labute approximate surface area is 202 Å². The summed E-state index contributed by atoms with van der Waals surface area (Å²) in [5.41, 5.74) is 1.59. The number of ether oxygens (including phenoxy) is 1. The van der Waals surface area contributed by atoms with Crippen molar-refractivity contribution in [2.75, 3.05) is 5.32 Å². The van der Waals surface area contributed by atoms with E-state index >= 15 is 0 Å². The first-order valence-corrected chi connectivity index (χ1v) is 11.0. The molecule has 0 atom stereocenters. The van der Waals surface area contributed by atoms with Crippen molar-refractivity contribution < 1.29 is 18.3 Å². The molecular weight excluding hydrogens is 516 g/mol. The molecule has 1 heterocycles. The Morgan fingerprint density at radius 3 is 2.48 bits per heavy atom. The van der Waals surface area contributed by atoms with Crippen molar-refractivity contribution >= 4 is 39.3 Å². The van der Waals surface area contributed by atoms with Gasteiger partial charge in [0.1, 0.15) is 24.0 Å². The quantitative estimate of drug-likeness (QED) is 0.297. The molecule has 0 aliphatic carbocycles. The molecular formula is C24H17BrClF2N3O2. The molecule has 3 aromatic carbocycles. The van der Waals surface area contributed by atoms with Crippen molar-refractivity contribution in [2.24, 2.45) is 0 Å². The summed E-state index contributed by atoms with van der Waals surface area (Å²) in [6.07, 6.45) is 1.63. The predicted octanol–water partition coefficient (Wildman–Crippen LogP) is 6.46. The maximum absolute atomic E-state index is 14.0. The van der Waals surface area contributed by atoms with Crippen molar-refractivity contribution in [2.45, 2.75) is 13.2 Å². The van der Waals surface area contributed by atoms with Crippen molar-refractivity contribution in [3.63, 3.8) is 0 Å². The third kappa shape index (κ3) is 5.77. The Morgan fingerprint density at radius 1 is 1.06 bits per heavy atom. The van der Waals surface area contributed by atoms with Crippen LogP contribution in [0.25, 0.3) is 0 Å². The van der Waals surface area contributed by atoms with E-state index in [4.69, 9.17) is 16.3 Å². The average molecular weight is 533 g/mol. The van der Waals surface area contributed by atoms with Crippen molar-refractivity contribution in [1.82, 2.24) is 9.78 Å². The zero-order valence-corrected chi connectivity index (χ0v) is 19.4. The number of halogens is 4. The molecule has 1 amide bonds. The van der Waals surface area contributed by atoms with Gasteiger partial charge in [-0.15, -0.1) is 0 Å². The lowest BCUT2D eigenvalue weighted by Gasteiger charge is -2.08. The van der Waals surface area contributed by atoms with E-state index in [2.05, 4.69) is 26.3 Å². The number of hydrogen-bond donors (Lipinski definition) is 1. The minimum absolute atomic E-state index is 0.114. The lowest BCUT2D eigenvalue weighted by Crippen LogP contribution is -2.13. The summed E-state index contributed by atoms with van der Waals surface area (Å²) in [4.78, 5) is 12.6. The molecule has 4 rings (SSSR count). The smallest absolute Gasteiger partial charge is 0.256 e. The van der Waals surface area contributed by atoms with E-state index in [1.807, 2.05) is 0 Å². The monoisotopic (exact) mass is 531 g/mol. The van der Waals surface area contributed by atoms with E-state index in [9.17, 15) is 13.6 Å². The number of benzene rings is 3. The first-order chi connectivity index (χ1) is 15.9. The molecule has 0 aliphatic heterocycles. The molecule has 9 heteroatoms. The van der Waals surface area contributed by atoms with Crippen LogP contribution < -0.4 is 10.1 Å². The molecule has 5 nitrogen and oxygen atoms in total. The Bertz CT molecular complexity index is 1260. The number of hydrogen-bond acceptors (Lipinski definition) is 3. The second-order valence-corrected chi connectivity index (χ2v) is 8.38. The van der Waals surface area contributed by atoms with Gasteiger partial charge in [-0.1, -0.05) is 29.8 Å². The van der Waals surface area contributed by atoms with Crippen molar-refractivity contribution in [1.29, 1.82) is 0 Å². The van der Waals surface area contributed by atoms with Crippen LogP contribution in [-0.2, 0) is 13.2 Å². The first kappa shape index (κ1) is 22.9. The van der Waals surface area contributed by atoms with Gasteiger partial charge >= 0.3 is 0 Å². The van der Waals surface area contributed by atoms with Gasteiger partial charge in [-0.3, -0.25) is 9.48 Å². The maximum Gasteiger partial charge on any atom is 0.256 e. The normalized spacial score (nSPS) is 10.8. The van der Waals surface area contributed by atoms with Crippen LogP contribution in [0, 0.1) is 11.6 Å². The van der Waals surface area contributed by atoms with Gasteiger partial charge in [-0.25, -0.2) is 8.78 Å². The Balaban J connectivity index is 1.38. The largest absolute Gasteiger partial charge is 0.489 e. The number of nitrogens with one attached hydrogen (secondary N) is 1. The summed E-state index contributed by atoms with van der Waals surface area (Å²) < 4.78 is 34.6. The Morgan fingerprint density at radius 2 is 1.79 bits per heavy atom. The molecule has 0 fully saturated rings. The van der Waals surface area contributed by atoms with Gasteiger partial charge in [0.05, 0.1) is 11.0 Å². The van der Waals surface area contributed by atoms with E-state index in [0.29, 0.717) is 32.2 Å². The molecule has 0 saturated carbocycles. The highest BCUT2D eigenvalue weighted by atomic mass is 79.9. The van der Waals surface area contributed by atoms with Gasteiger partial charge in [0, 0.05) is 22.3 Å². The van der Waals surface area contributed by atoms with Crippen LogP contribution >= 0.6 is 27.5 Å². The highest BCUT2D eigenvalue weighted by molar-refractivity contribution is 9.10. The van der Waals surface area contributed by atoms with Crippen LogP contribution in [0.2, 0.25) is 5.02 Å². The molecule has 0 aliphatic rings. The molecule has 0 radical (unpaired) electrons. The SMILES string of the molecule is O=C(Nc1nn(Cc2c(F)cccc2Cl)cc1Br)c1ccc(COc2ccc(F)cc2)cc1. The molecule has 1 N–H and O–H groups in total. The molecule has 168 valence electrons. The van der Waals surface area contributed by atoms with E-state index in [-0.39, 0.29) is 24.9 Å². The van der Waals surface area contributed by atoms with Crippen LogP contribution in [0.4, 0.5) is 14.6 Å². The van der Waals surface area contributed by atoms with Gasteiger partial charge in [-0.05, 0) is 70.0 Å². The molecule has 0 spiro atoms. The lowest BCUT2D eigenvalue weighted by atomic mass is 10.1. The van der Waals surface area contributed by atoms with Crippen molar-refractivity contribution in [3.05, 3.63) is 111 Å². The van der Waals surface area contributed by atoms with Gasteiger partial charge in [0.15, 0.2) is 5.82 Å². The van der Waals surface area contributed by atoms with Gasteiger partial charge in [0.2, 0.25) is 0 Å². The lowest BCUT2D eigenvalue weighted by molar-refractivity contribution is 0.102. The van der Waals surface area contributed by atoms with Gasteiger partial charge in [0.25, 0.3) is 5.91 Å². The highest BCUT2D eigenvalue weighted by Crippen LogP contribution is 2.24. The molecule has 1 aromatic heterocycles. The molecule has 0 unspecified atom stereocenters. The summed E-state index contributed by atoms with van der Waals surface area (Å²) in [7, 11) is 0.